The molecule has 2 aliphatic rings. The zero-order chi connectivity index (χ0) is 16.6. The molecule has 1 amide bonds. The van der Waals surface area contributed by atoms with Gasteiger partial charge in [-0.05, 0) is 18.1 Å². The fraction of sp³-hybridized carbons (Fsp3) is 0.571. The number of hydrogen-bond acceptors (Lipinski definition) is 6. The summed E-state index contributed by atoms with van der Waals surface area (Å²) in [6, 6.07) is 2.28. The lowest BCUT2D eigenvalue weighted by molar-refractivity contribution is -0.497. The Morgan fingerprint density at radius 2 is 2.26 bits per heavy atom. The molecule has 1 saturated carbocycles. The molecular formula is C14H17N3O5S. The largest absolute Gasteiger partial charge is 0.334 e. The zero-order valence-corrected chi connectivity index (χ0v) is 13.2. The van der Waals surface area contributed by atoms with Crippen molar-refractivity contribution < 1.29 is 18.1 Å². The maximum Gasteiger partial charge on any atom is 0.233 e. The maximum atomic E-state index is 12.6. The van der Waals surface area contributed by atoms with Crippen molar-refractivity contribution in [3.63, 3.8) is 0 Å². The molecule has 0 bridgehead atoms. The lowest BCUT2D eigenvalue weighted by Crippen LogP contribution is -2.42. The van der Waals surface area contributed by atoms with Gasteiger partial charge in [-0.3, -0.25) is 19.9 Å². The molecule has 3 atom stereocenters. The monoisotopic (exact) mass is 339 g/mol. The number of hydrogen-bond donors (Lipinski definition) is 0. The first kappa shape index (κ1) is 15.9. The van der Waals surface area contributed by atoms with Crippen molar-refractivity contribution in [2.45, 2.75) is 31.5 Å². The van der Waals surface area contributed by atoms with Gasteiger partial charge in [0.1, 0.15) is 5.92 Å². The Morgan fingerprint density at radius 3 is 2.78 bits per heavy atom. The van der Waals surface area contributed by atoms with Gasteiger partial charge in [0.2, 0.25) is 11.9 Å². The van der Waals surface area contributed by atoms with E-state index in [1.165, 1.54) is 4.90 Å². The third-order valence-corrected chi connectivity index (χ3v) is 6.10. The van der Waals surface area contributed by atoms with Crippen LogP contribution in [0.15, 0.2) is 24.5 Å². The van der Waals surface area contributed by atoms with Crippen LogP contribution in [0.2, 0.25) is 0 Å². The lowest BCUT2D eigenvalue weighted by Gasteiger charge is -2.28. The average molecular weight is 339 g/mol. The second-order valence-electron chi connectivity index (χ2n) is 6.08. The minimum absolute atomic E-state index is 0.0534. The number of sulfone groups is 1. The third-order valence-electron chi connectivity index (χ3n) is 4.35. The summed E-state index contributed by atoms with van der Waals surface area (Å²) in [6.45, 7) is 0.230. The van der Waals surface area contributed by atoms with E-state index in [0.29, 0.717) is 6.42 Å². The lowest BCUT2D eigenvalue weighted by atomic mass is 10.1. The normalized spacial score (nSPS) is 28.3. The van der Waals surface area contributed by atoms with Gasteiger partial charge in [-0.25, -0.2) is 8.42 Å². The summed E-state index contributed by atoms with van der Waals surface area (Å²) in [6.07, 6.45) is 3.83. The van der Waals surface area contributed by atoms with Gasteiger partial charge in [0.15, 0.2) is 9.84 Å². The summed E-state index contributed by atoms with van der Waals surface area (Å²) in [5, 5.41) is 10.8. The van der Waals surface area contributed by atoms with Gasteiger partial charge in [0.25, 0.3) is 0 Å². The number of aromatic nitrogens is 1. The molecule has 1 aliphatic heterocycles. The van der Waals surface area contributed by atoms with Gasteiger partial charge in [0, 0.05) is 36.3 Å². The SMILES string of the molecule is O=C([C@@H]1C[C@@H]1[N+](=O)[O-])N(Cc1cccnc1)[C@H]1CCS(=O)(=O)C1. The van der Waals surface area contributed by atoms with Gasteiger partial charge >= 0.3 is 0 Å². The summed E-state index contributed by atoms with van der Waals surface area (Å²) in [5.41, 5.74) is 0.781. The van der Waals surface area contributed by atoms with E-state index in [1.807, 2.05) is 0 Å². The van der Waals surface area contributed by atoms with E-state index in [4.69, 9.17) is 0 Å². The Morgan fingerprint density at radius 1 is 1.48 bits per heavy atom. The molecule has 0 spiro atoms. The first-order valence-corrected chi connectivity index (χ1v) is 9.23. The van der Waals surface area contributed by atoms with Gasteiger partial charge in [0.05, 0.1) is 11.5 Å². The molecule has 0 radical (unpaired) electrons. The molecule has 1 aromatic rings. The third kappa shape index (κ3) is 3.49. The van der Waals surface area contributed by atoms with Gasteiger partial charge in [-0.15, -0.1) is 0 Å². The Labute approximate surface area is 133 Å². The molecule has 1 aromatic heterocycles. The van der Waals surface area contributed by atoms with Gasteiger partial charge in [-0.2, -0.15) is 0 Å². The smallest absolute Gasteiger partial charge is 0.233 e. The standard InChI is InChI=1S/C14H17N3O5S/c18-14(12-6-13(12)17(19)20)16(8-10-2-1-4-15-7-10)11-3-5-23(21,22)9-11/h1-2,4,7,11-13H,3,5-6,8-9H2/t11-,12+,13-/m0/s1. The van der Waals surface area contributed by atoms with E-state index in [9.17, 15) is 23.3 Å². The van der Waals surface area contributed by atoms with E-state index in [1.54, 1.807) is 24.5 Å². The van der Waals surface area contributed by atoms with Crippen molar-refractivity contribution in [2.24, 2.45) is 5.92 Å². The maximum absolute atomic E-state index is 12.6. The van der Waals surface area contributed by atoms with Crippen LogP contribution in [0.3, 0.4) is 0 Å². The summed E-state index contributed by atoms with van der Waals surface area (Å²) < 4.78 is 23.4. The molecule has 23 heavy (non-hydrogen) atoms. The Hall–Kier alpha value is -2.03. The molecular weight excluding hydrogens is 322 g/mol. The molecule has 0 aromatic carbocycles. The minimum Gasteiger partial charge on any atom is -0.334 e. The van der Waals surface area contributed by atoms with Crippen LogP contribution in [0.25, 0.3) is 0 Å². The average Bonchev–Trinajstić information content (AvgIpc) is 3.23. The van der Waals surface area contributed by atoms with Crippen LogP contribution in [0, 0.1) is 16.0 Å². The number of carbonyl (C=O) groups excluding carboxylic acids is 1. The molecule has 9 heteroatoms. The topological polar surface area (TPSA) is 110 Å². The molecule has 8 nitrogen and oxygen atoms in total. The van der Waals surface area contributed by atoms with Crippen LogP contribution >= 0.6 is 0 Å². The highest BCUT2D eigenvalue weighted by molar-refractivity contribution is 7.91. The number of rotatable bonds is 5. The Kier molecular flexibility index (Phi) is 4.05. The molecule has 0 unspecified atom stereocenters. The van der Waals surface area contributed by atoms with Crippen LogP contribution in [0.1, 0.15) is 18.4 Å². The van der Waals surface area contributed by atoms with E-state index in [0.717, 1.165) is 5.56 Å². The first-order chi connectivity index (χ1) is 10.9. The van der Waals surface area contributed by atoms with E-state index in [2.05, 4.69) is 4.98 Å². The fourth-order valence-corrected chi connectivity index (χ4v) is 4.72. The van der Waals surface area contributed by atoms with Crippen molar-refractivity contribution in [1.82, 2.24) is 9.88 Å². The molecule has 1 saturated heterocycles. The van der Waals surface area contributed by atoms with Gasteiger partial charge < -0.3 is 4.90 Å². The van der Waals surface area contributed by atoms with E-state index >= 15 is 0 Å². The molecule has 2 fully saturated rings. The van der Waals surface area contributed by atoms with Crippen LogP contribution in [-0.4, -0.2) is 52.7 Å². The summed E-state index contributed by atoms with van der Waals surface area (Å²) >= 11 is 0. The van der Waals surface area contributed by atoms with Crippen LogP contribution < -0.4 is 0 Å². The van der Waals surface area contributed by atoms with Crippen molar-refractivity contribution in [1.29, 1.82) is 0 Å². The van der Waals surface area contributed by atoms with E-state index < -0.39 is 32.8 Å². The second kappa shape index (κ2) is 5.88. The van der Waals surface area contributed by atoms with Crippen LogP contribution in [-0.2, 0) is 21.2 Å². The van der Waals surface area contributed by atoms with Crippen molar-refractivity contribution >= 4 is 15.7 Å². The number of nitrogens with zero attached hydrogens (tertiary/aromatic N) is 3. The molecule has 0 N–H and O–H groups in total. The summed E-state index contributed by atoms with van der Waals surface area (Å²) in [5.74, 6) is -0.977. The number of carbonyl (C=O) groups is 1. The summed E-state index contributed by atoms with van der Waals surface area (Å²) in [7, 11) is -3.14. The van der Waals surface area contributed by atoms with Crippen molar-refractivity contribution in [2.75, 3.05) is 11.5 Å². The molecule has 1 aliphatic carbocycles. The highest BCUT2D eigenvalue weighted by Gasteiger charge is 2.55. The predicted molar refractivity (Wildman–Crippen MR) is 80.7 cm³/mol. The van der Waals surface area contributed by atoms with E-state index in [-0.39, 0.29) is 30.4 Å². The summed E-state index contributed by atoms with van der Waals surface area (Å²) in [4.78, 5) is 28.5. The molecule has 124 valence electrons. The zero-order valence-electron chi connectivity index (χ0n) is 12.4. The number of pyridine rings is 1. The van der Waals surface area contributed by atoms with Crippen molar-refractivity contribution in [3.05, 3.63) is 40.2 Å². The highest BCUT2D eigenvalue weighted by atomic mass is 32.2. The van der Waals surface area contributed by atoms with Crippen LogP contribution in [0.5, 0.6) is 0 Å². The predicted octanol–water partition coefficient (Wildman–Crippen LogP) is 0.262. The van der Waals surface area contributed by atoms with Crippen molar-refractivity contribution in [3.8, 4) is 0 Å². The fourth-order valence-electron chi connectivity index (χ4n) is 2.99. The van der Waals surface area contributed by atoms with Crippen LogP contribution in [0.4, 0.5) is 0 Å². The highest BCUT2D eigenvalue weighted by Crippen LogP contribution is 2.36. The first-order valence-electron chi connectivity index (χ1n) is 7.41. The number of amides is 1. The molecule has 3 rings (SSSR count). The molecule has 2 heterocycles. The Balaban J connectivity index is 1.79. The van der Waals surface area contributed by atoms with Gasteiger partial charge in [-0.1, -0.05) is 6.07 Å². The number of nitro groups is 1. The minimum atomic E-state index is -3.14. The quantitative estimate of drug-likeness (QED) is 0.562. The Bertz CT molecular complexity index is 721. The second-order valence-corrected chi connectivity index (χ2v) is 8.31.